The van der Waals surface area contributed by atoms with Gasteiger partial charge in [0.25, 0.3) is 0 Å². The molecule has 0 aliphatic carbocycles. The van der Waals surface area contributed by atoms with Gasteiger partial charge in [-0.2, -0.15) is 18.3 Å². The van der Waals surface area contributed by atoms with Crippen LogP contribution in [0.5, 0.6) is 0 Å². The molecule has 0 bridgehead atoms. The molecule has 2 rings (SSSR count). The zero-order chi connectivity index (χ0) is 16.5. The molecule has 0 spiro atoms. The minimum Gasteiger partial charge on any atom is -0.393 e. The molecule has 0 amide bonds. The van der Waals surface area contributed by atoms with Crippen LogP contribution >= 0.6 is 0 Å². The second-order valence-electron chi connectivity index (χ2n) is 4.84. The molecule has 0 aliphatic rings. The summed E-state index contributed by atoms with van der Waals surface area (Å²) in [6.45, 7) is 1.07. The standard InChI is InChI=1S/C14H14F3N2O3/c1-8-4-5-19(18-8)11-6-9(12(21)7-20)2-3-10(11)13(22)14(15,16)17/h2-6,12-13,20-21H,7H2,1H3/t12?,13-/m1/s1. The number of hydrogen-bond donors (Lipinski definition) is 2. The van der Waals surface area contributed by atoms with Crippen LogP contribution < -0.4 is 0 Å². The van der Waals surface area contributed by atoms with E-state index in [1.54, 1.807) is 13.0 Å². The van der Waals surface area contributed by atoms with E-state index in [0.717, 1.165) is 10.7 Å². The number of aliphatic hydroxyl groups is 2. The summed E-state index contributed by atoms with van der Waals surface area (Å²) in [6, 6.07) is 4.99. The van der Waals surface area contributed by atoms with E-state index in [0.29, 0.717) is 5.69 Å². The molecule has 1 heterocycles. The molecule has 8 heteroatoms. The van der Waals surface area contributed by atoms with Gasteiger partial charge < -0.3 is 10.2 Å². The van der Waals surface area contributed by atoms with E-state index in [-0.39, 0.29) is 11.3 Å². The summed E-state index contributed by atoms with van der Waals surface area (Å²) in [7, 11) is 0. The number of halogens is 3. The molecule has 0 saturated heterocycles. The molecule has 2 atom stereocenters. The van der Waals surface area contributed by atoms with Crippen molar-refractivity contribution >= 4 is 0 Å². The molecule has 22 heavy (non-hydrogen) atoms. The Bertz CT molecular complexity index is 655. The van der Waals surface area contributed by atoms with Crippen molar-refractivity contribution in [2.75, 3.05) is 6.61 Å². The fraction of sp³-hybridized carbons (Fsp3) is 0.357. The number of aliphatic hydroxyl groups excluding tert-OH is 2. The van der Waals surface area contributed by atoms with Crippen molar-refractivity contribution in [2.45, 2.75) is 25.3 Å². The number of nitrogens with zero attached hydrogens (tertiary/aromatic N) is 2. The number of benzene rings is 1. The Kier molecular flexibility index (Phi) is 4.55. The van der Waals surface area contributed by atoms with Gasteiger partial charge in [0.15, 0.2) is 0 Å². The Labute approximate surface area is 124 Å². The summed E-state index contributed by atoms with van der Waals surface area (Å²) >= 11 is 0. The van der Waals surface area contributed by atoms with Gasteiger partial charge in [-0.3, -0.25) is 0 Å². The highest BCUT2D eigenvalue weighted by Crippen LogP contribution is 2.36. The third-order valence-corrected chi connectivity index (χ3v) is 3.16. The lowest BCUT2D eigenvalue weighted by atomic mass is 10.0. The minimum atomic E-state index is -4.94. The van der Waals surface area contributed by atoms with Crippen molar-refractivity contribution in [3.8, 4) is 5.69 Å². The lowest BCUT2D eigenvalue weighted by Gasteiger charge is -2.18. The van der Waals surface area contributed by atoms with Crippen LogP contribution in [-0.2, 0) is 5.11 Å². The van der Waals surface area contributed by atoms with Crippen LogP contribution in [0.3, 0.4) is 0 Å². The number of hydrogen-bond acceptors (Lipinski definition) is 3. The summed E-state index contributed by atoms with van der Waals surface area (Å²) in [5.41, 5.74) is 0.192. The molecule has 1 aromatic carbocycles. The van der Waals surface area contributed by atoms with Gasteiger partial charge in [0, 0.05) is 11.8 Å². The van der Waals surface area contributed by atoms with E-state index in [1.807, 2.05) is 0 Å². The first-order chi connectivity index (χ1) is 10.2. The molecule has 0 saturated carbocycles. The lowest BCUT2D eigenvalue weighted by Crippen LogP contribution is -2.21. The van der Waals surface area contributed by atoms with Gasteiger partial charge in [-0.25, -0.2) is 9.79 Å². The van der Waals surface area contributed by atoms with E-state index in [2.05, 4.69) is 5.10 Å². The fourth-order valence-corrected chi connectivity index (χ4v) is 2.02. The van der Waals surface area contributed by atoms with Crippen LogP contribution in [0.1, 0.15) is 29.0 Å². The summed E-state index contributed by atoms with van der Waals surface area (Å²) in [4.78, 5) is 0. The zero-order valence-electron chi connectivity index (χ0n) is 11.6. The van der Waals surface area contributed by atoms with E-state index in [1.165, 1.54) is 18.3 Å². The first kappa shape index (κ1) is 16.5. The largest absolute Gasteiger partial charge is 0.422 e. The SMILES string of the molecule is Cc1ccn(-c2cc(C(O)CO)ccc2[C@@H]([O])C(F)(F)F)n1. The van der Waals surface area contributed by atoms with Gasteiger partial charge in [-0.15, -0.1) is 0 Å². The van der Waals surface area contributed by atoms with Gasteiger partial charge in [0.1, 0.15) is 6.10 Å². The van der Waals surface area contributed by atoms with Crippen LogP contribution in [0.25, 0.3) is 5.69 Å². The van der Waals surface area contributed by atoms with Gasteiger partial charge in [0.05, 0.1) is 18.0 Å². The van der Waals surface area contributed by atoms with Crippen LogP contribution in [0.2, 0.25) is 0 Å². The Morgan fingerprint density at radius 3 is 2.50 bits per heavy atom. The maximum Gasteiger partial charge on any atom is 0.422 e. The Morgan fingerprint density at radius 1 is 1.32 bits per heavy atom. The van der Waals surface area contributed by atoms with E-state index in [9.17, 15) is 23.4 Å². The Hall–Kier alpha value is -1.90. The number of alkyl halides is 3. The maximum atomic E-state index is 12.7. The first-order valence-electron chi connectivity index (χ1n) is 6.42. The Morgan fingerprint density at radius 2 is 2.00 bits per heavy atom. The molecule has 1 aromatic heterocycles. The van der Waals surface area contributed by atoms with Gasteiger partial charge in [-0.1, -0.05) is 12.1 Å². The monoisotopic (exact) mass is 315 g/mol. The third-order valence-electron chi connectivity index (χ3n) is 3.16. The predicted octanol–water partition coefficient (Wildman–Crippen LogP) is 2.24. The molecule has 1 radical (unpaired) electrons. The Balaban J connectivity index is 2.58. The molecule has 0 aliphatic heterocycles. The van der Waals surface area contributed by atoms with Crippen molar-refractivity contribution < 1.29 is 28.5 Å². The van der Waals surface area contributed by atoms with Crippen molar-refractivity contribution in [2.24, 2.45) is 0 Å². The number of aryl methyl sites for hydroxylation is 1. The molecule has 2 N–H and O–H groups in total. The fourth-order valence-electron chi connectivity index (χ4n) is 2.02. The van der Waals surface area contributed by atoms with Crippen molar-refractivity contribution in [3.05, 3.63) is 47.3 Å². The molecule has 5 nitrogen and oxygen atoms in total. The molecule has 1 unspecified atom stereocenters. The summed E-state index contributed by atoms with van der Waals surface area (Å²) in [6.07, 6.45) is -7.69. The number of rotatable bonds is 4. The highest BCUT2D eigenvalue weighted by atomic mass is 19.4. The number of aromatic nitrogens is 2. The second-order valence-corrected chi connectivity index (χ2v) is 4.84. The molecular weight excluding hydrogens is 301 g/mol. The van der Waals surface area contributed by atoms with Gasteiger partial charge in [0.2, 0.25) is 6.10 Å². The maximum absolute atomic E-state index is 12.7. The van der Waals surface area contributed by atoms with E-state index < -0.39 is 30.6 Å². The lowest BCUT2D eigenvalue weighted by molar-refractivity contribution is -0.225. The summed E-state index contributed by atoms with van der Waals surface area (Å²) < 4.78 is 39.3. The summed E-state index contributed by atoms with van der Waals surface area (Å²) in [5, 5.41) is 34.2. The predicted molar refractivity (Wildman–Crippen MR) is 69.8 cm³/mol. The van der Waals surface area contributed by atoms with Crippen LogP contribution in [0.15, 0.2) is 30.5 Å². The quantitative estimate of drug-likeness (QED) is 0.908. The average Bonchev–Trinajstić information content (AvgIpc) is 2.90. The second kappa shape index (κ2) is 6.07. The third kappa shape index (κ3) is 3.29. The molecule has 0 fully saturated rings. The molecular formula is C14H14F3N2O3. The topological polar surface area (TPSA) is 78.2 Å². The van der Waals surface area contributed by atoms with E-state index in [4.69, 9.17) is 5.11 Å². The van der Waals surface area contributed by atoms with E-state index >= 15 is 0 Å². The first-order valence-corrected chi connectivity index (χ1v) is 6.42. The normalized spacial score (nSPS) is 14.9. The average molecular weight is 315 g/mol. The zero-order valence-corrected chi connectivity index (χ0v) is 11.6. The molecule has 2 aromatic rings. The smallest absolute Gasteiger partial charge is 0.393 e. The molecule has 119 valence electrons. The highest BCUT2D eigenvalue weighted by Gasteiger charge is 2.42. The van der Waals surface area contributed by atoms with Crippen molar-refractivity contribution in [3.63, 3.8) is 0 Å². The van der Waals surface area contributed by atoms with Crippen molar-refractivity contribution in [1.29, 1.82) is 0 Å². The van der Waals surface area contributed by atoms with Crippen molar-refractivity contribution in [1.82, 2.24) is 9.78 Å². The van der Waals surface area contributed by atoms with Crippen LogP contribution in [0, 0.1) is 6.92 Å². The van der Waals surface area contributed by atoms with Gasteiger partial charge in [-0.05, 0) is 24.6 Å². The summed E-state index contributed by atoms with van der Waals surface area (Å²) in [5.74, 6) is 0. The van der Waals surface area contributed by atoms with Gasteiger partial charge >= 0.3 is 6.18 Å². The van der Waals surface area contributed by atoms with Crippen LogP contribution in [-0.4, -0.2) is 32.8 Å². The highest BCUT2D eigenvalue weighted by molar-refractivity contribution is 5.46. The minimum absolute atomic E-state index is 0.0737. The van der Waals surface area contributed by atoms with Crippen LogP contribution in [0.4, 0.5) is 13.2 Å².